The first-order valence-corrected chi connectivity index (χ1v) is 7.27. The lowest BCUT2D eigenvalue weighted by molar-refractivity contribution is 0.0936. The molecule has 1 atom stereocenters. The Morgan fingerprint density at radius 1 is 1.28 bits per heavy atom. The second kappa shape index (κ2) is 6.93. The highest BCUT2D eigenvalue weighted by atomic mass is 79.9. The standard InChI is InChI=1S/C15H22BrNO/c1-10(2)8-9-12(4)17-15(18)13-7-5-6-11(3)14(13)16/h5-7,10,12H,8-9H2,1-4H3,(H,17,18). The normalized spacial score (nSPS) is 12.6. The number of amides is 1. The maximum absolute atomic E-state index is 12.1. The molecule has 3 heteroatoms. The van der Waals surface area contributed by atoms with Gasteiger partial charge in [-0.3, -0.25) is 4.79 Å². The Kier molecular flexibility index (Phi) is 5.86. The van der Waals surface area contributed by atoms with Gasteiger partial charge in [0.15, 0.2) is 0 Å². The third kappa shape index (κ3) is 4.45. The van der Waals surface area contributed by atoms with Crippen molar-refractivity contribution in [3.05, 3.63) is 33.8 Å². The van der Waals surface area contributed by atoms with E-state index in [-0.39, 0.29) is 11.9 Å². The van der Waals surface area contributed by atoms with Crippen molar-refractivity contribution in [2.75, 3.05) is 0 Å². The molecule has 1 aromatic rings. The summed E-state index contributed by atoms with van der Waals surface area (Å²) in [7, 11) is 0. The zero-order valence-electron chi connectivity index (χ0n) is 11.6. The molecular weight excluding hydrogens is 290 g/mol. The molecule has 0 aliphatic rings. The van der Waals surface area contributed by atoms with Crippen molar-refractivity contribution in [2.24, 2.45) is 5.92 Å². The summed E-state index contributed by atoms with van der Waals surface area (Å²) in [5.41, 5.74) is 1.80. The van der Waals surface area contributed by atoms with Crippen LogP contribution in [-0.4, -0.2) is 11.9 Å². The van der Waals surface area contributed by atoms with Crippen LogP contribution >= 0.6 is 15.9 Å². The van der Waals surface area contributed by atoms with Crippen LogP contribution in [0.4, 0.5) is 0 Å². The molecule has 1 unspecified atom stereocenters. The van der Waals surface area contributed by atoms with E-state index in [0.29, 0.717) is 11.5 Å². The minimum atomic E-state index is 0.00170. The van der Waals surface area contributed by atoms with Gasteiger partial charge in [-0.2, -0.15) is 0 Å². The predicted octanol–water partition coefficient (Wildman–Crippen LogP) is 4.31. The summed E-state index contributed by atoms with van der Waals surface area (Å²) >= 11 is 3.47. The summed E-state index contributed by atoms with van der Waals surface area (Å²) in [6.07, 6.45) is 2.16. The van der Waals surface area contributed by atoms with Gasteiger partial charge in [-0.05, 0) is 60.2 Å². The first-order valence-electron chi connectivity index (χ1n) is 6.47. The van der Waals surface area contributed by atoms with Gasteiger partial charge in [-0.1, -0.05) is 26.0 Å². The minimum Gasteiger partial charge on any atom is -0.350 e. The molecule has 18 heavy (non-hydrogen) atoms. The Morgan fingerprint density at radius 3 is 2.56 bits per heavy atom. The van der Waals surface area contributed by atoms with E-state index < -0.39 is 0 Å². The van der Waals surface area contributed by atoms with Crippen LogP contribution in [0.25, 0.3) is 0 Å². The van der Waals surface area contributed by atoms with Gasteiger partial charge in [-0.15, -0.1) is 0 Å². The van der Waals surface area contributed by atoms with Crippen LogP contribution in [0.2, 0.25) is 0 Å². The fourth-order valence-electron chi connectivity index (χ4n) is 1.78. The average molecular weight is 312 g/mol. The second-order valence-electron chi connectivity index (χ2n) is 5.28. The molecular formula is C15H22BrNO. The summed E-state index contributed by atoms with van der Waals surface area (Å²) in [6.45, 7) is 8.45. The van der Waals surface area contributed by atoms with Crippen molar-refractivity contribution < 1.29 is 4.79 Å². The third-order valence-corrected chi connectivity index (χ3v) is 4.04. The second-order valence-corrected chi connectivity index (χ2v) is 6.08. The van der Waals surface area contributed by atoms with Crippen molar-refractivity contribution in [3.8, 4) is 0 Å². The highest BCUT2D eigenvalue weighted by Gasteiger charge is 2.13. The van der Waals surface area contributed by atoms with E-state index in [0.717, 1.165) is 22.9 Å². The van der Waals surface area contributed by atoms with Gasteiger partial charge in [0, 0.05) is 10.5 Å². The van der Waals surface area contributed by atoms with E-state index in [1.807, 2.05) is 25.1 Å². The fourth-order valence-corrected chi connectivity index (χ4v) is 2.22. The maximum atomic E-state index is 12.1. The molecule has 0 heterocycles. The van der Waals surface area contributed by atoms with E-state index in [1.54, 1.807) is 0 Å². The van der Waals surface area contributed by atoms with Crippen LogP contribution in [0.5, 0.6) is 0 Å². The molecule has 0 saturated carbocycles. The highest BCUT2D eigenvalue weighted by molar-refractivity contribution is 9.10. The number of hydrogen-bond acceptors (Lipinski definition) is 1. The molecule has 0 aromatic heterocycles. The predicted molar refractivity (Wildman–Crippen MR) is 79.9 cm³/mol. The number of aryl methyl sites for hydroxylation is 1. The molecule has 0 bridgehead atoms. The lowest BCUT2D eigenvalue weighted by Gasteiger charge is -2.16. The van der Waals surface area contributed by atoms with E-state index in [9.17, 15) is 4.79 Å². The number of carbonyl (C=O) groups is 1. The van der Waals surface area contributed by atoms with Gasteiger partial charge in [0.25, 0.3) is 5.91 Å². The van der Waals surface area contributed by atoms with Gasteiger partial charge in [0.2, 0.25) is 0 Å². The Morgan fingerprint density at radius 2 is 1.94 bits per heavy atom. The van der Waals surface area contributed by atoms with Crippen LogP contribution in [0.1, 0.15) is 49.5 Å². The quantitative estimate of drug-likeness (QED) is 0.862. The van der Waals surface area contributed by atoms with Crippen molar-refractivity contribution in [3.63, 3.8) is 0 Å². The summed E-state index contributed by atoms with van der Waals surface area (Å²) in [5.74, 6) is 0.678. The first kappa shape index (κ1) is 15.2. The van der Waals surface area contributed by atoms with E-state index in [2.05, 4.69) is 42.0 Å². The molecule has 0 aliphatic heterocycles. The van der Waals surface area contributed by atoms with Crippen LogP contribution in [0.15, 0.2) is 22.7 Å². The topological polar surface area (TPSA) is 29.1 Å². The van der Waals surface area contributed by atoms with Crippen LogP contribution in [-0.2, 0) is 0 Å². The fraction of sp³-hybridized carbons (Fsp3) is 0.533. The lowest BCUT2D eigenvalue weighted by atomic mass is 10.0. The molecule has 0 saturated heterocycles. The molecule has 0 spiro atoms. The molecule has 1 rings (SSSR count). The highest BCUT2D eigenvalue weighted by Crippen LogP contribution is 2.21. The number of benzene rings is 1. The van der Waals surface area contributed by atoms with E-state index >= 15 is 0 Å². The number of hydrogen-bond donors (Lipinski definition) is 1. The first-order chi connectivity index (χ1) is 8.41. The molecule has 0 aliphatic carbocycles. The number of rotatable bonds is 5. The van der Waals surface area contributed by atoms with Crippen molar-refractivity contribution in [1.29, 1.82) is 0 Å². The number of halogens is 1. The minimum absolute atomic E-state index is 0.00170. The molecule has 100 valence electrons. The zero-order valence-corrected chi connectivity index (χ0v) is 13.2. The van der Waals surface area contributed by atoms with Crippen LogP contribution in [0, 0.1) is 12.8 Å². The zero-order chi connectivity index (χ0) is 13.7. The Hall–Kier alpha value is -0.830. The summed E-state index contributed by atoms with van der Waals surface area (Å²) in [6, 6.07) is 5.96. The number of carbonyl (C=O) groups excluding carboxylic acids is 1. The smallest absolute Gasteiger partial charge is 0.252 e. The van der Waals surface area contributed by atoms with Crippen LogP contribution in [0.3, 0.4) is 0 Å². The molecule has 1 N–H and O–H groups in total. The van der Waals surface area contributed by atoms with Gasteiger partial charge in [0.1, 0.15) is 0 Å². The van der Waals surface area contributed by atoms with Crippen molar-refractivity contribution >= 4 is 21.8 Å². The van der Waals surface area contributed by atoms with Gasteiger partial charge >= 0.3 is 0 Å². The Balaban J connectivity index is 2.62. The average Bonchev–Trinajstić information content (AvgIpc) is 2.30. The maximum Gasteiger partial charge on any atom is 0.252 e. The largest absolute Gasteiger partial charge is 0.350 e. The van der Waals surface area contributed by atoms with Gasteiger partial charge < -0.3 is 5.32 Å². The van der Waals surface area contributed by atoms with Crippen molar-refractivity contribution in [1.82, 2.24) is 5.32 Å². The van der Waals surface area contributed by atoms with Crippen molar-refractivity contribution in [2.45, 2.75) is 46.6 Å². The number of nitrogens with one attached hydrogen (secondary N) is 1. The molecule has 1 aromatic carbocycles. The molecule has 1 amide bonds. The summed E-state index contributed by atoms with van der Waals surface area (Å²) < 4.78 is 0.888. The Bertz CT molecular complexity index is 415. The molecule has 0 fully saturated rings. The van der Waals surface area contributed by atoms with Gasteiger partial charge in [-0.25, -0.2) is 0 Å². The van der Waals surface area contributed by atoms with E-state index in [1.165, 1.54) is 0 Å². The lowest BCUT2D eigenvalue weighted by Crippen LogP contribution is -2.33. The third-order valence-electron chi connectivity index (χ3n) is 2.99. The van der Waals surface area contributed by atoms with Crippen LogP contribution < -0.4 is 5.32 Å². The SMILES string of the molecule is Cc1cccc(C(=O)NC(C)CCC(C)C)c1Br. The van der Waals surface area contributed by atoms with Gasteiger partial charge in [0.05, 0.1) is 5.56 Å². The molecule has 2 nitrogen and oxygen atoms in total. The monoisotopic (exact) mass is 311 g/mol. The summed E-state index contributed by atoms with van der Waals surface area (Å²) in [5, 5.41) is 3.05. The summed E-state index contributed by atoms with van der Waals surface area (Å²) in [4.78, 5) is 12.1. The molecule has 0 radical (unpaired) electrons. The van der Waals surface area contributed by atoms with E-state index in [4.69, 9.17) is 0 Å². The Labute approximate surface area is 118 Å².